The molecule has 7 heteroatoms. The summed E-state index contributed by atoms with van der Waals surface area (Å²) in [6.45, 7) is 1.70. The lowest BCUT2D eigenvalue weighted by Crippen LogP contribution is -2.34. The first-order valence-corrected chi connectivity index (χ1v) is 8.25. The zero-order valence-corrected chi connectivity index (χ0v) is 13.5. The van der Waals surface area contributed by atoms with E-state index in [-0.39, 0.29) is 17.5 Å². The van der Waals surface area contributed by atoms with Gasteiger partial charge in [-0.2, -0.15) is 0 Å². The zero-order valence-electron chi connectivity index (χ0n) is 12.7. The van der Waals surface area contributed by atoms with Gasteiger partial charge < -0.3 is 4.42 Å². The second kappa shape index (κ2) is 6.60. The summed E-state index contributed by atoms with van der Waals surface area (Å²) >= 11 is 0. The van der Waals surface area contributed by atoms with Crippen molar-refractivity contribution in [2.75, 3.05) is 20.6 Å². The van der Waals surface area contributed by atoms with Gasteiger partial charge in [-0.3, -0.25) is 4.90 Å². The smallest absolute Gasteiger partial charge is 0.240 e. The third-order valence-corrected chi connectivity index (χ3v) is 4.84. The van der Waals surface area contributed by atoms with Crippen LogP contribution in [0.2, 0.25) is 0 Å². The zero-order chi connectivity index (χ0) is 16.3. The lowest BCUT2D eigenvalue weighted by atomic mass is 10.2. The van der Waals surface area contributed by atoms with Gasteiger partial charge in [0.2, 0.25) is 10.0 Å². The molecule has 0 aliphatic heterocycles. The molecule has 0 amide bonds. The Morgan fingerprint density at radius 2 is 2.05 bits per heavy atom. The Morgan fingerprint density at radius 3 is 2.59 bits per heavy atom. The maximum Gasteiger partial charge on any atom is 0.240 e. The third kappa shape index (κ3) is 3.73. The van der Waals surface area contributed by atoms with E-state index in [9.17, 15) is 12.8 Å². The number of halogens is 1. The molecule has 0 saturated carbocycles. The molecule has 1 atom stereocenters. The molecule has 0 saturated heterocycles. The summed E-state index contributed by atoms with van der Waals surface area (Å²) in [5.41, 5.74) is 0.403. The summed E-state index contributed by atoms with van der Waals surface area (Å²) in [7, 11) is -0.125. The molecule has 5 nitrogen and oxygen atoms in total. The fourth-order valence-corrected chi connectivity index (χ4v) is 3.08. The highest BCUT2D eigenvalue weighted by Crippen LogP contribution is 2.19. The molecule has 120 valence electrons. The van der Waals surface area contributed by atoms with Gasteiger partial charge in [0, 0.05) is 6.54 Å². The van der Waals surface area contributed by atoms with Gasteiger partial charge in [-0.05, 0) is 50.8 Å². The Labute approximate surface area is 129 Å². The molecular weight excluding hydrogens is 307 g/mol. The maximum atomic E-state index is 13.5. The molecule has 1 N–H and O–H groups in total. The van der Waals surface area contributed by atoms with E-state index in [2.05, 4.69) is 4.72 Å². The number of benzene rings is 1. The van der Waals surface area contributed by atoms with Crippen LogP contribution >= 0.6 is 0 Å². The molecule has 2 aromatic rings. The molecule has 1 heterocycles. The Hall–Kier alpha value is -1.70. The van der Waals surface area contributed by atoms with Crippen LogP contribution in [0.4, 0.5) is 4.39 Å². The van der Waals surface area contributed by atoms with Crippen molar-refractivity contribution in [2.24, 2.45) is 0 Å². The largest absolute Gasteiger partial charge is 0.468 e. The molecule has 0 fully saturated rings. The van der Waals surface area contributed by atoms with Gasteiger partial charge in [-0.25, -0.2) is 17.5 Å². The minimum Gasteiger partial charge on any atom is -0.468 e. The van der Waals surface area contributed by atoms with Crippen LogP contribution in [0.5, 0.6) is 0 Å². The summed E-state index contributed by atoms with van der Waals surface area (Å²) < 4.78 is 45.9. The van der Waals surface area contributed by atoms with Crippen LogP contribution in [0.3, 0.4) is 0 Å². The summed E-state index contributed by atoms with van der Waals surface area (Å²) in [5, 5.41) is 0. The Bertz CT molecular complexity index is 727. The van der Waals surface area contributed by atoms with Gasteiger partial charge in [-0.1, -0.05) is 6.07 Å². The second-order valence-electron chi connectivity index (χ2n) is 5.26. The van der Waals surface area contributed by atoms with Gasteiger partial charge in [0.15, 0.2) is 0 Å². The molecule has 2 rings (SSSR count). The predicted molar refractivity (Wildman–Crippen MR) is 81.5 cm³/mol. The van der Waals surface area contributed by atoms with Crippen LogP contribution in [0.15, 0.2) is 45.9 Å². The average molecular weight is 326 g/mol. The number of likely N-dealkylation sites (N-methyl/N-ethyl adjacent to an activating group) is 1. The van der Waals surface area contributed by atoms with Crippen molar-refractivity contribution in [1.29, 1.82) is 0 Å². The number of nitrogens with one attached hydrogen (secondary N) is 1. The highest BCUT2D eigenvalue weighted by atomic mass is 32.2. The van der Waals surface area contributed by atoms with Crippen molar-refractivity contribution in [3.8, 4) is 0 Å². The maximum absolute atomic E-state index is 13.5. The van der Waals surface area contributed by atoms with Crippen LogP contribution in [0.1, 0.15) is 17.4 Å². The van der Waals surface area contributed by atoms with Crippen LogP contribution < -0.4 is 4.72 Å². The van der Waals surface area contributed by atoms with Gasteiger partial charge in [0.05, 0.1) is 17.2 Å². The molecule has 0 aliphatic rings. The SMILES string of the molecule is Cc1ccc(S(=O)(=O)NCC(c2ccco2)N(C)C)cc1F. The summed E-state index contributed by atoms with van der Waals surface area (Å²) in [6, 6.07) is 7.13. The number of aryl methyl sites for hydroxylation is 1. The number of nitrogens with zero attached hydrogens (tertiary/aromatic N) is 1. The summed E-state index contributed by atoms with van der Waals surface area (Å²) in [6.07, 6.45) is 1.54. The van der Waals surface area contributed by atoms with Crippen molar-refractivity contribution in [3.05, 3.63) is 53.7 Å². The molecule has 0 spiro atoms. The first-order valence-electron chi connectivity index (χ1n) is 6.77. The highest BCUT2D eigenvalue weighted by Gasteiger charge is 2.22. The fourth-order valence-electron chi connectivity index (χ4n) is 2.03. The fraction of sp³-hybridized carbons (Fsp3) is 0.333. The van der Waals surface area contributed by atoms with E-state index in [0.29, 0.717) is 11.3 Å². The van der Waals surface area contributed by atoms with Crippen LogP contribution in [-0.4, -0.2) is 34.0 Å². The van der Waals surface area contributed by atoms with Gasteiger partial charge in [0.25, 0.3) is 0 Å². The van der Waals surface area contributed by atoms with Crippen molar-refractivity contribution in [2.45, 2.75) is 17.9 Å². The molecule has 0 radical (unpaired) electrons. The Morgan fingerprint density at radius 1 is 1.32 bits per heavy atom. The molecule has 1 unspecified atom stereocenters. The van der Waals surface area contributed by atoms with Gasteiger partial charge in [0.1, 0.15) is 11.6 Å². The van der Waals surface area contributed by atoms with Crippen molar-refractivity contribution in [3.63, 3.8) is 0 Å². The molecule has 1 aromatic heterocycles. The highest BCUT2D eigenvalue weighted by molar-refractivity contribution is 7.89. The minimum absolute atomic E-state index is 0.0902. The standard InChI is InChI=1S/C15H19FN2O3S/c1-11-6-7-12(9-13(11)16)22(19,20)17-10-14(18(2)3)15-5-4-8-21-15/h4-9,14,17H,10H2,1-3H3. The molecule has 22 heavy (non-hydrogen) atoms. The quantitative estimate of drug-likeness (QED) is 0.885. The first kappa shape index (κ1) is 16.7. The Balaban J connectivity index is 2.16. The van der Waals surface area contributed by atoms with E-state index >= 15 is 0 Å². The number of rotatable bonds is 6. The van der Waals surface area contributed by atoms with Crippen LogP contribution in [0, 0.1) is 12.7 Å². The monoisotopic (exact) mass is 326 g/mol. The first-order chi connectivity index (χ1) is 10.3. The van der Waals surface area contributed by atoms with E-state index in [0.717, 1.165) is 6.07 Å². The Kier molecular flexibility index (Phi) is 5.00. The minimum atomic E-state index is -3.78. The predicted octanol–water partition coefficient (Wildman–Crippen LogP) is 2.31. The average Bonchev–Trinajstić information content (AvgIpc) is 2.95. The second-order valence-corrected chi connectivity index (χ2v) is 7.02. The molecule has 0 aliphatic carbocycles. The van der Waals surface area contributed by atoms with Crippen LogP contribution in [-0.2, 0) is 10.0 Å². The van der Waals surface area contributed by atoms with Crippen LogP contribution in [0.25, 0.3) is 0 Å². The normalized spacial score (nSPS) is 13.5. The van der Waals surface area contributed by atoms with Crippen molar-refractivity contribution in [1.82, 2.24) is 9.62 Å². The summed E-state index contributed by atoms with van der Waals surface area (Å²) in [4.78, 5) is 1.75. The van der Waals surface area contributed by atoms with E-state index in [1.54, 1.807) is 19.1 Å². The number of hydrogen-bond donors (Lipinski definition) is 1. The van der Waals surface area contributed by atoms with Gasteiger partial charge in [-0.15, -0.1) is 0 Å². The van der Waals surface area contributed by atoms with E-state index < -0.39 is 15.8 Å². The van der Waals surface area contributed by atoms with E-state index in [4.69, 9.17) is 4.42 Å². The van der Waals surface area contributed by atoms with E-state index in [1.165, 1.54) is 18.4 Å². The lowest BCUT2D eigenvalue weighted by molar-refractivity contribution is 0.259. The topological polar surface area (TPSA) is 62.6 Å². The summed E-state index contributed by atoms with van der Waals surface area (Å²) in [5.74, 6) is 0.112. The molecule has 1 aromatic carbocycles. The number of hydrogen-bond acceptors (Lipinski definition) is 4. The lowest BCUT2D eigenvalue weighted by Gasteiger charge is -2.22. The molecule has 0 bridgehead atoms. The van der Waals surface area contributed by atoms with Gasteiger partial charge >= 0.3 is 0 Å². The third-order valence-electron chi connectivity index (χ3n) is 3.42. The number of sulfonamides is 1. The van der Waals surface area contributed by atoms with Crippen molar-refractivity contribution >= 4 is 10.0 Å². The molecular formula is C15H19FN2O3S. The van der Waals surface area contributed by atoms with Crippen molar-refractivity contribution < 1.29 is 17.2 Å². The number of furan rings is 1. The van der Waals surface area contributed by atoms with E-state index in [1.807, 2.05) is 19.0 Å².